The highest BCUT2D eigenvalue weighted by Gasteiger charge is 2.69. The van der Waals surface area contributed by atoms with E-state index in [0.29, 0.717) is 24.5 Å². The van der Waals surface area contributed by atoms with Crippen LogP contribution in [0.15, 0.2) is 24.0 Å². The summed E-state index contributed by atoms with van der Waals surface area (Å²) >= 11 is 0. The van der Waals surface area contributed by atoms with Crippen LogP contribution >= 0.6 is 0 Å². The van der Waals surface area contributed by atoms with Crippen molar-refractivity contribution in [1.82, 2.24) is 4.90 Å². The van der Waals surface area contributed by atoms with Gasteiger partial charge in [-0.25, -0.2) is 9.59 Å². The maximum absolute atomic E-state index is 13.3. The van der Waals surface area contributed by atoms with E-state index in [4.69, 9.17) is 28.8 Å². The topological polar surface area (TPSA) is 158 Å². The summed E-state index contributed by atoms with van der Waals surface area (Å²) in [5, 5.41) is 21.3. The van der Waals surface area contributed by atoms with Crippen LogP contribution in [0.5, 0.6) is 11.5 Å². The van der Waals surface area contributed by atoms with E-state index in [1.807, 2.05) is 27.0 Å². The molecule has 0 radical (unpaired) electrons. The summed E-state index contributed by atoms with van der Waals surface area (Å²) in [5.41, 5.74) is -0.628. The van der Waals surface area contributed by atoms with Gasteiger partial charge in [-0.15, -0.1) is 0 Å². The molecule has 2 N–H and O–H groups in total. The number of aryl methyl sites for hydroxylation is 1. The second-order valence-electron chi connectivity index (χ2n) is 10.6. The van der Waals surface area contributed by atoms with Crippen LogP contribution in [0.4, 0.5) is 0 Å². The molecule has 0 unspecified atom stereocenters. The number of benzene rings is 1. The van der Waals surface area contributed by atoms with Gasteiger partial charge in [0.15, 0.2) is 23.7 Å². The van der Waals surface area contributed by atoms with E-state index in [-0.39, 0.29) is 18.2 Å². The molecule has 1 saturated heterocycles. The van der Waals surface area contributed by atoms with Crippen LogP contribution in [0.3, 0.4) is 0 Å². The summed E-state index contributed by atoms with van der Waals surface area (Å²) in [4.78, 5) is 50.4. The molecule has 0 aromatic heterocycles. The monoisotopic (exact) mass is 561 g/mol. The number of hydrogen-bond acceptors (Lipinski definition) is 11. The molecule has 2 aliphatic heterocycles. The summed E-state index contributed by atoms with van der Waals surface area (Å²) in [5.74, 6) is -3.32. The first-order chi connectivity index (χ1) is 18.8. The Kier molecular flexibility index (Phi) is 7.88. The van der Waals surface area contributed by atoms with Gasteiger partial charge in [0.2, 0.25) is 6.10 Å². The molecule has 0 amide bonds. The number of likely N-dealkylation sites (N-methyl/N-ethyl adjacent to an activating group) is 1. The van der Waals surface area contributed by atoms with Gasteiger partial charge in [-0.05, 0) is 58.5 Å². The number of aliphatic carboxylic acids is 1. The zero-order chi connectivity index (χ0) is 29.6. The van der Waals surface area contributed by atoms with Crippen LogP contribution in [0.1, 0.15) is 51.2 Å². The quantitative estimate of drug-likeness (QED) is 0.350. The van der Waals surface area contributed by atoms with Gasteiger partial charge < -0.3 is 38.8 Å². The fourth-order valence-electron chi connectivity index (χ4n) is 6.16. The van der Waals surface area contributed by atoms with E-state index in [1.54, 1.807) is 12.1 Å². The van der Waals surface area contributed by atoms with Crippen molar-refractivity contribution in [2.45, 2.75) is 82.3 Å². The Morgan fingerprint density at radius 2 is 1.93 bits per heavy atom. The number of aliphatic hydroxyl groups is 1. The number of carbonyl (C=O) groups excluding carboxylic acids is 3. The number of hydrogen-bond donors (Lipinski definition) is 2. The number of rotatable bonds is 8. The molecule has 1 aromatic carbocycles. The van der Waals surface area contributed by atoms with Crippen LogP contribution in [0, 0.1) is 6.92 Å². The van der Waals surface area contributed by atoms with E-state index in [2.05, 4.69) is 4.90 Å². The lowest BCUT2D eigenvalue weighted by Crippen LogP contribution is -2.71. The lowest BCUT2D eigenvalue weighted by atomic mass is 9.54. The first-order valence-electron chi connectivity index (χ1n) is 13.1. The normalized spacial score (nSPS) is 28.4. The highest BCUT2D eigenvalue weighted by atomic mass is 16.6. The van der Waals surface area contributed by atoms with Gasteiger partial charge in [0.05, 0.1) is 24.5 Å². The molecule has 2 heterocycles. The lowest BCUT2D eigenvalue weighted by molar-refractivity contribution is -0.176. The van der Waals surface area contributed by atoms with Crippen molar-refractivity contribution in [3.05, 3.63) is 35.1 Å². The molecule has 12 heteroatoms. The van der Waals surface area contributed by atoms with Crippen LogP contribution < -0.4 is 9.47 Å². The van der Waals surface area contributed by atoms with Gasteiger partial charge in [0.1, 0.15) is 5.76 Å². The van der Waals surface area contributed by atoms with Crippen molar-refractivity contribution in [3.8, 4) is 11.5 Å². The Morgan fingerprint density at radius 1 is 1.23 bits per heavy atom. The fourth-order valence-corrected chi connectivity index (χ4v) is 6.16. The predicted molar refractivity (Wildman–Crippen MR) is 138 cm³/mol. The molecule has 0 saturated carbocycles. The highest BCUT2D eigenvalue weighted by Crippen LogP contribution is 2.62. The summed E-state index contributed by atoms with van der Waals surface area (Å²) < 4.78 is 27.6. The van der Waals surface area contributed by atoms with E-state index >= 15 is 0 Å². The maximum atomic E-state index is 13.3. The molecule has 1 aromatic rings. The van der Waals surface area contributed by atoms with Crippen molar-refractivity contribution < 1.29 is 53.1 Å². The number of fused-ring (bicyclic) bond motifs is 1. The first-order valence-corrected chi connectivity index (χ1v) is 13.1. The number of esters is 3. The van der Waals surface area contributed by atoms with Gasteiger partial charge in [0, 0.05) is 24.9 Å². The Balaban J connectivity index is 1.70. The standard InChI is InChI=1S/C28H35NO11/c1-14-7-8-18(36-6)23-22(14)27-11-12-29(5)16(3)28(27,35)10-9-19(24(27)40-23)39-26(34)20(38-17(4)30)13-21(31)37-15(2)25(32)33/h7-9,15-16,20,24,35H,10-13H2,1-6H3,(H,32,33)/t15-,16+,20-,24-,27-,28+/m0/s1. The van der Waals surface area contributed by atoms with Crippen LogP contribution in [-0.2, 0) is 38.8 Å². The first kappa shape index (κ1) is 29.3. The van der Waals surface area contributed by atoms with Crippen molar-refractivity contribution in [2.75, 3.05) is 20.7 Å². The average molecular weight is 562 g/mol. The van der Waals surface area contributed by atoms with Gasteiger partial charge in [-0.2, -0.15) is 0 Å². The number of likely N-dealkylation sites (tertiary alicyclic amines) is 1. The molecular weight excluding hydrogens is 526 g/mol. The van der Waals surface area contributed by atoms with E-state index in [9.17, 15) is 24.3 Å². The number of nitrogens with zero attached hydrogens (tertiary/aromatic N) is 1. The number of carbonyl (C=O) groups is 4. The van der Waals surface area contributed by atoms with Crippen molar-refractivity contribution in [2.24, 2.45) is 0 Å². The summed E-state index contributed by atoms with van der Waals surface area (Å²) in [6, 6.07) is 3.39. The Hall–Kier alpha value is -3.64. The minimum atomic E-state index is -1.69. The van der Waals surface area contributed by atoms with Crippen molar-refractivity contribution in [3.63, 3.8) is 0 Å². The average Bonchev–Trinajstić information content (AvgIpc) is 3.25. The Labute approximate surface area is 231 Å². The summed E-state index contributed by atoms with van der Waals surface area (Å²) in [6.45, 7) is 6.71. The molecule has 1 aliphatic carbocycles. The second-order valence-corrected chi connectivity index (χ2v) is 10.6. The molecule has 6 atom stereocenters. The minimum Gasteiger partial charge on any atom is -0.493 e. The smallest absolute Gasteiger partial charge is 0.353 e. The number of carboxylic acids is 1. The van der Waals surface area contributed by atoms with Crippen molar-refractivity contribution >= 4 is 23.9 Å². The molecule has 3 aliphatic rings. The van der Waals surface area contributed by atoms with Crippen LogP contribution in [0.2, 0.25) is 0 Å². The number of carboxylic acid groups (broad SMARTS) is 1. The Morgan fingerprint density at radius 3 is 2.55 bits per heavy atom. The third kappa shape index (κ3) is 4.68. The number of ether oxygens (including phenoxy) is 5. The Bertz CT molecular complexity index is 1260. The third-order valence-electron chi connectivity index (χ3n) is 8.33. The molecular formula is C28H35NO11. The zero-order valence-electron chi connectivity index (χ0n) is 23.4. The summed E-state index contributed by atoms with van der Waals surface area (Å²) in [7, 11) is 3.45. The molecule has 40 heavy (non-hydrogen) atoms. The molecule has 1 fully saturated rings. The van der Waals surface area contributed by atoms with E-state index in [0.717, 1.165) is 25.0 Å². The molecule has 0 bridgehead atoms. The lowest BCUT2D eigenvalue weighted by Gasteiger charge is -2.58. The minimum absolute atomic E-state index is 0.105. The summed E-state index contributed by atoms with van der Waals surface area (Å²) in [6.07, 6.45) is -2.63. The molecule has 1 spiro atoms. The molecule has 218 valence electrons. The van der Waals surface area contributed by atoms with Gasteiger partial charge in [-0.1, -0.05) is 6.07 Å². The van der Waals surface area contributed by atoms with Crippen molar-refractivity contribution in [1.29, 1.82) is 0 Å². The third-order valence-corrected chi connectivity index (χ3v) is 8.33. The largest absolute Gasteiger partial charge is 0.493 e. The maximum Gasteiger partial charge on any atom is 0.353 e. The molecule has 4 rings (SSSR count). The SMILES string of the molecule is COc1ccc(C)c2c1O[C@H]1C(OC(=O)[C@H](CC(=O)O[C@@H](C)C(=O)O)OC(C)=O)=CC[C@@]3(O)[C@@H](C)N(C)CC[C@]213. The van der Waals surface area contributed by atoms with E-state index < -0.39 is 59.6 Å². The highest BCUT2D eigenvalue weighted by molar-refractivity contribution is 5.86. The zero-order valence-corrected chi connectivity index (χ0v) is 23.4. The van der Waals surface area contributed by atoms with E-state index in [1.165, 1.54) is 7.11 Å². The van der Waals surface area contributed by atoms with Gasteiger partial charge >= 0.3 is 23.9 Å². The van der Waals surface area contributed by atoms with Gasteiger partial charge in [0.25, 0.3) is 0 Å². The second kappa shape index (κ2) is 10.7. The number of piperidine rings is 1. The fraction of sp³-hybridized carbons (Fsp3) is 0.571. The van der Waals surface area contributed by atoms with Gasteiger partial charge in [-0.3, -0.25) is 9.59 Å². The van der Waals surface area contributed by atoms with Crippen LogP contribution in [-0.4, -0.2) is 89.6 Å². The molecule has 12 nitrogen and oxygen atoms in total. The predicted octanol–water partition coefficient (Wildman–Crippen LogP) is 1.63. The number of methoxy groups -OCH3 is 1. The van der Waals surface area contributed by atoms with Crippen LogP contribution in [0.25, 0.3) is 0 Å².